The van der Waals surface area contributed by atoms with Crippen LogP contribution in [-0.2, 0) is 13.3 Å². The van der Waals surface area contributed by atoms with Gasteiger partial charge in [-0.2, -0.15) is 0 Å². The maximum absolute atomic E-state index is 13.4. The number of amides is 2. The van der Waals surface area contributed by atoms with Crippen LogP contribution in [0.4, 0.5) is 32.4 Å². The Balaban J connectivity index is 2.70. The van der Waals surface area contributed by atoms with Gasteiger partial charge in [0.25, 0.3) is 0 Å². The number of nitrogens with one attached hydrogen (secondary N) is 2. The second-order valence-corrected chi connectivity index (χ2v) is 6.28. The number of anilines is 1. The molecule has 0 spiro atoms. The van der Waals surface area contributed by atoms with Crippen LogP contribution >= 0.6 is 0 Å². The average Bonchev–Trinajstić information content (AvgIpc) is 2.58. The Hall–Kier alpha value is -1.76. The van der Waals surface area contributed by atoms with Crippen molar-refractivity contribution in [2.24, 2.45) is 0 Å². The third kappa shape index (κ3) is 4.86. The maximum Gasteiger partial charge on any atom is 0.483 e. The van der Waals surface area contributed by atoms with Gasteiger partial charge >= 0.3 is 15.6 Å². The summed E-state index contributed by atoms with van der Waals surface area (Å²) in [6.07, 6.45) is -0.580. The van der Waals surface area contributed by atoms with E-state index >= 15 is 0 Å². The molecule has 0 bridgehead atoms. The van der Waals surface area contributed by atoms with E-state index in [1.807, 2.05) is 0 Å². The highest BCUT2D eigenvalue weighted by Crippen LogP contribution is 2.26. The summed E-state index contributed by atoms with van der Waals surface area (Å²) in [6, 6.07) is -1.18. The van der Waals surface area contributed by atoms with Crippen molar-refractivity contribution in [1.29, 1.82) is 0 Å². The first-order valence-electron chi connectivity index (χ1n) is 6.50. The molecule has 2 amide bonds. The minimum atomic E-state index is -2.35. The van der Waals surface area contributed by atoms with Gasteiger partial charge in [0.2, 0.25) is 5.82 Å². The summed E-state index contributed by atoms with van der Waals surface area (Å²) >= 11 is 0. The van der Waals surface area contributed by atoms with Crippen LogP contribution < -0.4 is 10.6 Å². The summed E-state index contributed by atoms with van der Waals surface area (Å²) in [5.74, 6) is -10.9. The van der Waals surface area contributed by atoms with Gasteiger partial charge in [0, 0.05) is 20.8 Å². The van der Waals surface area contributed by atoms with Crippen LogP contribution in [0.25, 0.3) is 0 Å². The van der Waals surface area contributed by atoms with Gasteiger partial charge in [-0.3, -0.25) is 0 Å². The molecular weight excluding hydrogens is 359 g/mol. The topological polar surface area (TPSA) is 68.8 Å². The number of hydrogen-bond donors (Lipinski definition) is 2. The van der Waals surface area contributed by atoms with Gasteiger partial charge in [0.15, 0.2) is 23.3 Å². The second kappa shape index (κ2) is 8.91. The van der Waals surface area contributed by atoms with E-state index in [9.17, 15) is 26.7 Å². The molecule has 12 heteroatoms. The minimum absolute atomic E-state index is 0.128. The lowest BCUT2D eigenvalue weighted by atomic mass is 10.2. The monoisotopic (exact) mass is 374 g/mol. The summed E-state index contributed by atoms with van der Waals surface area (Å²) in [6.45, 7) is 1.42. The number of carbonyl (C=O) groups is 1. The normalized spacial score (nSPS) is 12.4. The summed E-state index contributed by atoms with van der Waals surface area (Å²) in [4.78, 5) is 11.6. The van der Waals surface area contributed by atoms with Crippen molar-refractivity contribution in [3.63, 3.8) is 0 Å². The van der Waals surface area contributed by atoms with E-state index in [2.05, 4.69) is 5.32 Å². The summed E-state index contributed by atoms with van der Waals surface area (Å²) in [7, 11) is 0.394. The van der Waals surface area contributed by atoms with Gasteiger partial charge in [0.1, 0.15) is 5.69 Å². The zero-order chi connectivity index (χ0) is 18.4. The van der Waals surface area contributed by atoms with Crippen LogP contribution in [0.1, 0.15) is 6.92 Å². The number of benzene rings is 1. The molecule has 0 aromatic heterocycles. The number of halogens is 5. The molecule has 24 heavy (non-hydrogen) atoms. The SMILES string of the molecule is CO[SiH](OC)OC(C)CNC(=O)Nc1c(F)c(F)c(F)c(F)c1F. The third-order valence-corrected chi connectivity index (χ3v) is 4.18. The highest BCUT2D eigenvalue weighted by molar-refractivity contribution is 6.36. The number of rotatable bonds is 7. The molecule has 1 aromatic carbocycles. The third-order valence-electron chi connectivity index (χ3n) is 2.73. The lowest BCUT2D eigenvalue weighted by Gasteiger charge is -2.18. The molecule has 0 aliphatic heterocycles. The van der Waals surface area contributed by atoms with E-state index < -0.39 is 56.4 Å². The van der Waals surface area contributed by atoms with Gasteiger partial charge in [-0.05, 0) is 6.92 Å². The van der Waals surface area contributed by atoms with E-state index in [0.29, 0.717) is 0 Å². The van der Waals surface area contributed by atoms with Crippen molar-refractivity contribution in [2.45, 2.75) is 13.0 Å². The van der Waals surface area contributed by atoms with E-state index in [1.54, 1.807) is 12.2 Å². The Labute approximate surface area is 135 Å². The van der Waals surface area contributed by atoms with Crippen molar-refractivity contribution >= 4 is 21.2 Å². The first-order chi connectivity index (χ1) is 11.2. The molecule has 0 fully saturated rings. The van der Waals surface area contributed by atoms with E-state index in [4.69, 9.17) is 13.3 Å². The zero-order valence-electron chi connectivity index (χ0n) is 12.9. The van der Waals surface area contributed by atoms with Crippen molar-refractivity contribution in [3.8, 4) is 0 Å². The molecule has 0 saturated heterocycles. The van der Waals surface area contributed by atoms with Crippen molar-refractivity contribution < 1.29 is 40.0 Å². The van der Waals surface area contributed by atoms with Crippen molar-refractivity contribution in [1.82, 2.24) is 5.32 Å². The van der Waals surface area contributed by atoms with Crippen LogP contribution in [0.15, 0.2) is 0 Å². The Morgan fingerprint density at radius 3 is 1.92 bits per heavy atom. The molecule has 0 radical (unpaired) electrons. The molecule has 0 heterocycles. The van der Waals surface area contributed by atoms with Gasteiger partial charge in [-0.1, -0.05) is 0 Å². The van der Waals surface area contributed by atoms with Gasteiger partial charge in [0.05, 0.1) is 6.10 Å². The van der Waals surface area contributed by atoms with Crippen LogP contribution in [0.2, 0.25) is 0 Å². The van der Waals surface area contributed by atoms with Gasteiger partial charge < -0.3 is 23.9 Å². The average molecular weight is 374 g/mol. The lowest BCUT2D eigenvalue weighted by Crippen LogP contribution is -2.39. The van der Waals surface area contributed by atoms with Crippen LogP contribution in [-0.4, -0.2) is 42.4 Å². The second-order valence-electron chi connectivity index (χ2n) is 4.49. The molecular formula is C12H15F5N2O4Si. The molecule has 1 aromatic rings. The van der Waals surface area contributed by atoms with Crippen molar-refractivity contribution in [2.75, 3.05) is 26.1 Å². The molecule has 1 rings (SSSR count). The standard InChI is InChI=1S/C12H15F5N2O4Si/c1-5(23-24(21-2)22-3)4-18-12(20)19-11-9(16)7(14)6(13)8(15)10(11)17/h5,24H,4H2,1-3H3,(H2,18,19,20). The molecule has 6 nitrogen and oxygen atoms in total. The number of urea groups is 1. The maximum atomic E-state index is 13.4. The first kappa shape index (κ1) is 20.3. The van der Waals surface area contributed by atoms with Crippen LogP contribution in [0.5, 0.6) is 0 Å². The molecule has 0 aliphatic carbocycles. The summed E-state index contributed by atoms with van der Waals surface area (Å²) in [5, 5.41) is 3.73. The van der Waals surface area contributed by atoms with E-state index in [-0.39, 0.29) is 6.54 Å². The molecule has 1 unspecified atom stereocenters. The Kier molecular flexibility index (Phi) is 7.53. The quantitative estimate of drug-likeness (QED) is 0.331. The molecule has 2 N–H and O–H groups in total. The summed E-state index contributed by atoms with van der Waals surface area (Å²) in [5.41, 5.74) is -1.45. The molecule has 1 atom stereocenters. The Morgan fingerprint density at radius 1 is 1.00 bits per heavy atom. The number of carbonyl (C=O) groups excluding carboxylic acids is 1. The van der Waals surface area contributed by atoms with E-state index in [1.165, 1.54) is 14.2 Å². The summed E-state index contributed by atoms with van der Waals surface area (Å²) < 4.78 is 80.8. The van der Waals surface area contributed by atoms with Gasteiger partial charge in [-0.25, -0.2) is 26.7 Å². The molecule has 0 aliphatic rings. The first-order valence-corrected chi connectivity index (χ1v) is 7.91. The largest absolute Gasteiger partial charge is 0.483 e. The highest BCUT2D eigenvalue weighted by Gasteiger charge is 2.27. The van der Waals surface area contributed by atoms with Gasteiger partial charge in [-0.15, -0.1) is 0 Å². The predicted octanol–water partition coefficient (Wildman–Crippen LogP) is 1.92. The van der Waals surface area contributed by atoms with Crippen LogP contribution in [0, 0.1) is 29.1 Å². The van der Waals surface area contributed by atoms with E-state index in [0.717, 1.165) is 0 Å². The fourth-order valence-corrected chi connectivity index (χ4v) is 2.44. The smallest absolute Gasteiger partial charge is 0.379 e. The molecule has 0 saturated carbocycles. The predicted molar refractivity (Wildman–Crippen MR) is 75.0 cm³/mol. The minimum Gasteiger partial charge on any atom is -0.379 e. The molecule has 136 valence electrons. The number of hydrogen-bond acceptors (Lipinski definition) is 4. The van der Waals surface area contributed by atoms with Crippen molar-refractivity contribution in [3.05, 3.63) is 29.1 Å². The Bertz CT molecular complexity index is 574. The van der Waals surface area contributed by atoms with Crippen LogP contribution in [0.3, 0.4) is 0 Å². The highest BCUT2D eigenvalue weighted by atomic mass is 28.3. The lowest BCUT2D eigenvalue weighted by molar-refractivity contribution is 0.0956. The fraction of sp³-hybridized carbons (Fsp3) is 0.417. The zero-order valence-corrected chi connectivity index (χ0v) is 14.0. The fourth-order valence-electron chi connectivity index (χ4n) is 1.55. The Morgan fingerprint density at radius 2 is 1.46 bits per heavy atom.